The van der Waals surface area contributed by atoms with Crippen LogP contribution in [0.3, 0.4) is 0 Å². The maximum atomic E-state index is 11.6. The van der Waals surface area contributed by atoms with Crippen LogP contribution in [0.25, 0.3) is 0 Å². The highest BCUT2D eigenvalue weighted by atomic mass is 79.9. The van der Waals surface area contributed by atoms with Crippen molar-refractivity contribution in [2.75, 3.05) is 14.2 Å². The molecule has 1 aliphatic carbocycles. The van der Waals surface area contributed by atoms with Gasteiger partial charge in [-0.15, -0.1) is 0 Å². The van der Waals surface area contributed by atoms with E-state index in [9.17, 15) is 4.79 Å². The largest absolute Gasteiger partial charge is 0.493 e. The molecule has 92 valence electrons. The Morgan fingerprint density at radius 1 is 1.29 bits per heavy atom. The molecule has 0 unspecified atom stereocenters. The molecular formula is C12H13BrO4. The Balaban J connectivity index is 2.22. The molecule has 1 aromatic carbocycles. The van der Waals surface area contributed by atoms with Crippen LogP contribution >= 0.6 is 15.9 Å². The average Bonchev–Trinajstić information content (AvgIpc) is 3.11. The molecule has 0 aromatic heterocycles. The van der Waals surface area contributed by atoms with E-state index in [1.165, 1.54) is 7.11 Å². The number of rotatable bonds is 4. The molecule has 0 atom stereocenters. The van der Waals surface area contributed by atoms with E-state index in [1.54, 1.807) is 19.2 Å². The first kappa shape index (κ1) is 12.2. The minimum atomic E-state index is -0.810. The third kappa shape index (κ3) is 2.39. The molecule has 1 saturated carbocycles. The molecule has 0 aliphatic heterocycles. The third-order valence-corrected chi connectivity index (χ3v) is 3.19. The van der Waals surface area contributed by atoms with Crippen molar-refractivity contribution in [3.63, 3.8) is 0 Å². The lowest BCUT2D eigenvalue weighted by molar-refractivity contribution is -0.151. The van der Waals surface area contributed by atoms with Crippen molar-refractivity contribution >= 4 is 21.9 Å². The summed E-state index contributed by atoms with van der Waals surface area (Å²) in [6.07, 6.45) is 1.36. The summed E-state index contributed by atoms with van der Waals surface area (Å²) in [7, 11) is 2.93. The monoisotopic (exact) mass is 300 g/mol. The number of esters is 1. The second-order valence-corrected chi connectivity index (χ2v) is 4.80. The molecule has 0 bridgehead atoms. The van der Waals surface area contributed by atoms with Crippen LogP contribution in [0, 0.1) is 0 Å². The first-order valence-corrected chi connectivity index (χ1v) is 6.01. The van der Waals surface area contributed by atoms with Crippen LogP contribution in [-0.2, 0) is 9.53 Å². The van der Waals surface area contributed by atoms with Crippen LogP contribution in [0.2, 0.25) is 0 Å². The molecule has 0 radical (unpaired) electrons. The van der Waals surface area contributed by atoms with Gasteiger partial charge in [0, 0.05) is 17.3 Å². The van der Waals surface area contributed by atoms with Gasteiger partial charge in [0.15, 0.2) is 11.5 Å². The van der Waals surface area contributed by atoms with E-state index in [-0.39, 0.29) is 5.97 Å². The van der Waals surface area contributed by atoms with Crippen molar-refractivity contribution < 1.29 is 19.0 Å². The summed E-state index contributed by atoms with van der Waals surface area (Å²) in [5.41, 5.74) is -0.810. The maximum absolute atomic E-state index is 11.6. The van der Waals surface area contributed by atoms with Gasteiger partial charge in [-0.2, -0.15) is 0 Å². The number of methoxy groups -OCH3 is 2. The zero-order chi connectivity index (χ0) is 12.5. The molecule has 0 spiro atoms. The molecule has 0 amide bonds. The summed E-state index contributed by atoms with van der Waals surface area (Å²) in [5, 5.41) is 0. The van der Waals surface area contributed by atoms with Gasteiger partial charge in [-0.25, -0.2) is 4.79 Å². The van der Waals surface area contributed by atoms with E-state index in [2.05, 4.69) is 15.9 Å². The standard InChI is InChI=1S/C12H13BrO4/c1-15-10-7-8(13)3-4-9(10)17-12(5-6-12)11(14)16-2/h3-4,7H,5-6H2,1-2H3. The molecular weight excluding hydrogens is 288 g/mol. The molecule has 17 heavy (non-hydrogen) atoms. The third-order valence-electron chi connectivity index (χ3n) is 2.69. The number of carbonyl (C=O) groups is 1. The van der Waals surface area contributed by atoms with E-state index in [4.69, 9.17) is 14.2 Å². The van der Waals surface area contributed by atoms with Crippen LogP contribution < -0.4 is 9.47 Å². The van der Waals surface area contributed by atoms with Gasteiger partial charge in [0.1, 0.15) is 0 Å². The van der Waals surface area contributed by atoms with E-state index in [0.717, 1.165) is 4.47 Å². The fourth-order valence-electron chi connectivity index (χ4n) is 1.58. The highest BCUT2D eigenvalue weighted by Gasteiger charge is 2.54. The zero-order valence-corrected chi connectivity index (χ0v) is 11.2. The molecule has 5 heteroatoms. The number of halogens is 1. The Kier molecular flexibility index (Phi) is 3.28. The number of ether oxygens (including phenoxy) is 3. The van der Waals surface area contributed by atoms with Crippen molar-refractivity contribution in [3.8, 4) is 11.5 Å². The lowest BCUT2D eigenvalue weighted by Gasteiger charge is -2.17. The minimum Gasteiger partial charge on any atom is -0.493 e. The Morgan fingerprint density at radius 2 is 2.00 bits per heavy atom. The topological polar surface area (TPSA) is 44.8 Å². The maximum Gasteiger partial charge on any atom is 0.350 e. The van der Waals surface area contributed by atoms with Gasteiger partial charge < -0.3 is 14.2 Å². The van der Waals surface area contributed by atoms with Crippen LogP contribution in [-0.4, -0.2) is 25.8 Å². The first-order valence-electron chi connectivity index (χ1n) is 5.22. The molecule has 4 nitrogen and oxygen atoms in total. The van der Waals surface area contributed by atoms with Crippen LogP contribution in [0.1, 0.15) is 12.8 Å². The second-order valence-electron chi connectivity index (χ2n) is 3.88. The fourth-order valence-corrected chi connectivity index (χ4v) is 1.92. The highest BCUT2D eigenvalue weighted by Crippen LogP contribution is 2.44. The van der Waals surface area contributed by atoms with E-state index in [0.29, 0.717) is 24.3 Å². The lowest BCUT2D eigenvalue weighted by Crippen LogP contribution is -2.30. The predicted octanol–water partition coefficient (Wildman–Crippen LogP) is 2.54. The Bertz CT molecular complexity index is 440. The summed E-state index contributed by atoms with van der Waals surface area (Å²) in [6.45, 7) is 0. The van der Waals surface area contributed by atoms with Crippen molar-refractivity contribution in [2.24, 2.45) is 0 Å². The summed E-state index contributed by atoms with van der Waals surface area (Å²) < 4.78 is 16.6. The van der Waals surface area contributed by atoms with E-state index >= 15 is 0 Å². The molecule has 1 fully saturated rings. The van der Waals surface area contributed by atoms with Crippen LogP contribution in [0.5, 0.6) is 11.5 Å². The van der Waals surface area contributed by atoms with E-state index in [1.807, 2.05) is 6.07 Å². The van der Waals surface area contributed by atoms with Crippen LogP contribution in [0.15, 0.2) is 22.7 Å². The molecule has 0 saturated heterocycles. The molecule has 2 rings (SSSR count). The van der Waals surface area contributed by atoms with Gasteiger partial charge in [0.25, 0.3) is 0 Å². The van der Waals surface area contributed by atoms with Gasteiger partial charge in [-0.3, -0.25) is 0 Å². The summed E-state index contributed by atoms with van der Waals surface area (Å²) in [6, 6.07) is 5.40. The quantitative estimate of drug-likeness (QED) is 0.802. The fraction of sp³-hybridized carbons (Fsp3) is 0.417. The number of benzene rings is 1. The Morgan fingerprint density at radius 3 is 2.53 bits per heavy atom. The highest BCUT2D eigenvalue weighted by molar-refractivity contribution is 9.10. The first-order chi connectivity index (χ1) is 8.11. The summed E-state index contributed by atoms with van der Waals surface area (Å²) in [5.74, 6) is 0.815. The Hall–Kier alpha value is -1.23. The normalized spacial score (nSPS) is 16.2. The summed E-state index contributed by atoms with van der Waals surface area (Å²) in [4.78, 5) is 11.6. The molecule has 1 aromatic rings. The molecule has 0 N–H and O–H groups in total. The van der Waals surface area contributed by atoms with Gasteiger partial charge in [-0.1, -0.05) is 15.9 Å². The average molecular weight is 301 g/mol. The predicted molar refractivity (Wildman–Crippen MR) is 65.3 cm³/mol. The minimum absolute atomic E-state index is 0.331. The van der Waals surface area contributed by atoms with Gasteiger partial charge in [0.05, 0.1) is 14.2 Å². The number of hydrogen-bond donors (Lipinski definition) is 0. The number of carbonyl (C=O) groups excluding carboxylic acids is 1. The second kappa shape index (κ2) is 4.56. The molecule has 0 heterocycles. The smallest absolute Gasteiger partial charge is 0.350 e. The lowest BCUT2D eigenvalue weighted by atomic mass is 10.3. The SMILES string of the molecule is COC(=O)C1(Oc2ccc(Br)cc2OC)CC1. The van der Waals surface area contributed by atoms with Gasteiger partial charge in [-0.05, 0) is 18.2 Å². The Labute approximate surface area is 108 Å². The van der Waals surface area contributed by atoms with Crippen molar-refractivity contribution in [2.45, 2.75) is 18.4 Å². The summed E-state index contributed by atoms with van der Waals surface area (Å²) >= 11 is 3.35. The van der Waals surface area contributed by atoms with E-state index < -0.39 is 5.60 Å². The van der Waals surface area contributed by atoms with Crippen molar-refractivity contribution in [3.05, 3.63) is 22.7 Å². The van der Waals surface area contributed by atoms with Crippen LogP contribution in [0.4, 0.5) is 0 Å². The molecule has 1 aliphatic rings. The van der Waals surface area contributed by atoms with Gasteiger partial charge >= 0.3 is 5.97 Å². The number of hydrogen-bond acceptors (Lipinski definition) is 4. The zero-order valence-electron chi connectivity index (χ0n) is 9.66. The van der Waals surface area contributed by atoms with Gasteiger partial charge in [0.2, 0.25) is 5.60 Å². The van der Waals surface area contributed by atoms with Crippen molar-refractivity contribution in [1.29, 1.82) is 0 Å². The van der Waals surface area contributed by atoms with Crippen molar-refractivity contribution in [1.82, 2.24) is 0 Å².